The fourth-order valence-electron chi connectivity index (χ4n) is 3.58. The maximum atomic E-state index is 11.5. The topological polar surface area (TPSA) is 93.6 Å². The molecule has 7 nitrogen and oxygen atoms in total. The molecule has 0 saturated heterocycles. The van der Waals surface area contributed by atoms with Gasteiger partial charge in [0.25, 0.3) is 0 Å². The Bertz CT molecular complexity index is 1270. The third-order valence-electron chi connectivity index (χ3n) is 5.04. The summed E-state index contributed by atoms with van der Waals surface area (Å²) < 4.78 is 11.3. The highest BCUT2D eigenvalue weighted by Gasteiger charge is 2.18. The van der Waals surface area contributed by atoms with Gasteiger partial charge in [0, 0.05) is 18.7 Å². The van der Waals surface area contributed by atoms with Gasteiger partial charge >= 0.3 is 5.97 Å². The van der Waals surface area contributed by atoms with Gasteiger partial charge in [-0.1, -0.05) is 24.3 Å². The molecule has 0 amide bonds. The molecule has 4 rings (SSSR count). The van der Waals surface area contributed by atoms with E-state index in [0.29, 0.717) is 37.0 Å². The molecular formula is C25H25N3O4S. The molecule has 2 aromatic heterocycles. The van der Waals surface area contributed by atoms with E-state index in [2.05, 4.69) is 39.6 Å². The third-order valence-corrected chi connectivity index (χ3v) is 6.17. The molecule has 0 saturated carbocycles. The number of carboxylic acid groups (broad SMARTS) is 1. The van der Waals surface area contributed by atoms with Crippen molar-refractivity contribution in [3.8, 4) is 22.1 Å². The minimum absolute atomic E-state index is 0.166. The number of hydrogen-bond donors (Lipinski definition) is 2. The van der Waals surface area contributed by atoms with Gasteiger partial charge in [-0.3, -0.25) is 0 Å². The number of carboxylic acids is 1. The zero-order chi connectivity index (χ0) is 23.2. The van der Waals surface area contributed by atoms with Crippen molar-refractivity contribution in [2.45, 2.75) is 20.3 Å². The Balaban J connectivity index is 1.49. The minimum atomic E-state index is -1.01. The number of aromatic nitrogens is 2. The van der Waals surface area contributed by atoms with Crippen LogP contribution in [0.2, 0.25) is 0 Å². The number of anilines is 1. The van der Waals surface area contributed by atoms with Crippen LogP contribution in [0, 0.1) is 0 Å². The van der Waals surface area contributed by atoms with Crippen molar-refractivity contribution in [3.05, 3.63) is 65.3 Å². The number of benzene rings is 2. The molecule has 0 unspecified atom stereocenters. The van der Waals surface area contributed by atoms with E-state index in [1.807, 2.05) is 32.0 Å². The molecule has 2 N–H and O–H groups in total. The van der Waals surface area contributed by atoms with Gasteiger partial charge in [-0.25, -0.2) is 14.8 Å². The summed E-state index contributed by atoms with van der Waals surface area (Å²) in [4.78, 5) is 21.0. The number of carbonyl (C=O) groups is 1. The normalized spacial score (nSPS) is 10.8. The van der Waals surface area contributed by atoms with E-state index in [9.17, 15) is 9.90 Å². The number of rotatable bonds is 10. The summed E-state index contributed by atoms with van der Waals surface area (Å²) in [5.41, 5.74) is 1.77. The van der Waals surface area contributed by atoms with Crippen LogP contribution in [0.15, 0.2) is 54.9 Å². The standard InChI is InChI=1S/C25H25N3O4S/c1-3-31-20-12-17-8-6-5-7-16(17)11-18(20)9-10-26-23-13-19(27-15-28-23)22-14-21(32-4-2)24(33-22)25(29)30/h5-8,11-15H,3-4,9-10H2,1-2H3,(H,29,30)(H,26,27,28). The summed E-state index contributed by atoms with van der Waals surface area (Å²) in [5, 5.41) is 15.1. The maximum Gasteiger partial charge on any atom is 0.349 e. The fourth-order valence-corrected chi connectivity index (χ4v) is 4.49. The number of nitrogens with one attached hydrogen (secondary N) is 1. The van der Waals surface area contributed by atoms with Crippen LogP contribution in [0.5, 0.6) is 11.5 Å². The third kappa shape index (κ3) is 5.23. The number of ether oxygens (including phenoxy) is 2. The van der Waals surface area contributed by atoms with Gasteiger partial charge in [0.2, 0.25) is 0 Å². The second-order valence-corrected chi connectivity index (χ2v) is 8.30. The number of fused-ring (bicyclic) bond motifs is 1. The van der Waals surface area contributed by atoms with Crippen LogP contribution in [-0.2, 0) is 6.42 Å². The molecule has 8 heteroatoms. The van der Waals surface area contributed by atoms with Crippen LogP contribution in [0.1, 0.15) is 29.1 Å². The van der Waals surface area contributed by atoms with E-state index < -0.39 is 5.97 Å². The number of nitrogens with zero attached hydrogens (tertiary/aromatic N) is 2. The predicted molar refractivity (Wildman–Crippen MR) is 131 cm³/mol. The molecule has 170 valence electrons. The van der Waals surface area contributed by atoms with Gasteiger partial charge < -0.3 is 19.9 Å². The Hall–Kier alpha value is -3.65. The lowest BCUT2D eigenvalue weighted by Crippen LogP contribution is -2.08. The zero-order valence-corrected chi connectivity index (χ0v) is 19.3. The van der Waals surface area contributed by atoms with Crippen molar-refractivity contribution in [3.63, 3.8) is 0 Å². The lowest BCUT2D eigenvalue weighted by molar-refractivity contribution is 0.0698. The van der Waals surface area contributed by atoms with Gasteiger partial charge in [0.05, 0.1) is 23.8 Å². The van der Waals surface area contributed by atoms with Crippen LogP contribution in [0.25, 0.3) is 21.3 Å². The van der Waals surface area contributed by atoms with Gasteiger partial charge in [0.1, 0.15) is 23.6 Å². The summed E-state index contributed by atoms with van der Waals surface area (Å²) >= 11 is 1.14. The fraction of sp³-hybridized carbons (Fsp3) is 0.240. The molecule has 0 fully saturated rings. The first kappa shape index (κ1) is 22.5. The average molecular weight is 464 g/mol. The molecule has 2 heterocycles. The molecular weight excluding hydrogens is 438 g/mol. The van der Waals surface area contributed by atoms with Crippen molar-refractivity contribution < 1.29 is 19.4 Å². The van der Waals surface area contributed by atoms with Crippen molar-refractivity contribution in [2.75, 3.05) is 25.1 Å². The Morgan fingerprint density at radius 3 is 2.45 bits per heavy atom. The number of hydrogen-bond acceptors (Lipinski definition) is 7. The Morgan fingerprint density at radius 1 is 1.00 bits per heavy atom. The first-order chi connectivity index (χ1) is 16.1. The minimum Gasteiger partial charge on any atom is -0.494 e. The van der Waals surface area contributed by atoms with E-state index in [0.717, 1.165) is 39.3 Å². The zero-order valence-electron chi connectivity index (χ0n) is 18.5. The van der Waals surface area contributed by atoms with Crippen LogP contribution in [0.3, 0.4) is 0 Å². The van der Waals surface area contributed by atoms with Gasteiger partial charge in [0.15, 0.2) is 4.88 Å². The summed E-state index contributed by atoms with van der Waals surface area (Å²) in [5.74, 6) is 0.909. The highest BCUT2D eigenvalue weighted by molar-refractivity contribution is 7.17. The van der Waals surface area contributed by atoms with E-state index in [4.69, 9.17) is 9.47 Å². The monoisotopic (exact) mass is 463 g/mol. The molecule has 0 aliphatic rings. The summed E-state index contributed by atoms with van der Waals surface area (Å²) in [6.07, 6.45) is 2.23. The SMILES string of the molecule is CCOc1cc2ccccc2cc1CCNc1cc(-c2cc(OCC)c(C(=O)O)s2)ncn1. The smallest absolute Gasteiger partial charge is 0.349 e. The molecule has 33 heavy (non-hydrogen) atoms. The quantitative estimate of drug-likeness (QED) is 0.320. The van der Waals surface area contributed by atoms with Crippen molar-refractivity contribution in [1.82, 2.24) is 9.97 Å². The van der Waals surface area contributed by atoms with Crippen LogP contribution >= 0.6 is 11.3 Å². The van der Waals surface area contributed by atoms with E-state index in [1.165, 1.54) is 11.7 Å². The second-order valence-electron chi connectivity index (χ2n) is 7.25. The molecule has 2 aromatic carbocycles. The van der Waals surface area contributed by atoms with Gasteiger partial charge in [-0.2, -0.15) is 0 Å². The van der Waals surface area contributed by atoms with Crippen LogP contribution in [0.4, 0.5) is 5.82 Å². The molecule has 0 atom stereocenters. The lowest BCUT2D eigenvalue weighted by Gasteiger charge is -2.13. The Morgan fingerprint density at radius 2 is 1.73 bits per heavy atom. The predicted octanol–water partition coefficient (Wildman–Crippen LogP) is 5.51. The molecule has 0 spiro atoms. The van der Waals surface area contributed by atoms with Crippen LogP contribution < -0.4 is 14.8 Å². The highest BCUT2D eigenvalue weighted by atomic mass is 32.1. The van der Waals surface area contributed by atoms with E-state index >= 15 is 0 Å². The molecule has 0 bridgehead atoms. The molecule has 4 aromatic rings. The summed E-state index contributed by atoms with van der Waals surface area (Å²) in [7, 11) is 0. The first-order valence-corrected chi connectivity index (χ1v) is 11.6. The number of thiophene rings is 1. The van der Waals surface area contributed by atoms with Crippen LogP contribution in [-0.4, -0.2) is 40.8 Å². The van der Waals surface area contributed by atoms with Gasteiger partial charge in [-0.15, -0.1) is 11.3 Å². The van der Waals surface area contributed by atoms with E-state index in [1.54, 1.807) is 6.07 Å². The number of aromatic carboxylic acids is 1. The lowest BCUT2D eigenvalue weighted by atomic mass is 10.0. The van der Waals surface area contributed by atoms with Crippen molar-refractivity contribution >= 4 is 33.9 Å². The maximum absolute atomic E-state index is 11.5. The largest absolute Gasteiger partial charge is 0.494 e. The van der Waals surface area contributed by atoms with Gasteiger partial charge in [-0.05, 0) is 48.7 Å². The summed E-state index contributed by atoms with van der Waals surface area (Å²) in [6, 6.07) is 16.0. The Kier molecular flexibility index (Phi) is 7.04. The van der Waals surface area contributed by atoms with E-state index in [-0.39, 0.29) is 4.88 Å². The summed E-state index contributed by atoms with van der Waals surface area (Å²) in [6.45, 7) is 5.46. The first-order valence-electron chi connectivity index (χ1n) is 10.8. The molecule has 0 aliphatic heterocycles. The van der Waals surface area contributed by atoms with Crippen molar-refractivity contribution in [2.24, 2.45) is 0 Å². The second kappa shape index (κ2) is 10.3. The molecule has 0 aliphatic carbocycles. The molecule has 0 radical (unpaired) electrons. The average Bonchev–Trinajstić information content (AvgIpc) is 3.24. The highest BCUT2D eigenvalue weighted by Crippen LogP contribution is 2.36. The van der Waals surface area contributed by atoms with Crippen molar-refractivity contribution in [1.29, 1.82) is 0 Å². The Labute approximate surface area is 196 Å².